The molecule has 166 valence electrons. The van der Waals surface area contributed by atoms with Gasteiger partial charge in [0.25, 0.3) is 0 Å². The van der Waals surface area contributed by atoms with Crippen molar-refractivity contribution in [2.45, 2.75) is 19.8 Å². The van der Waals surface area contributed by atoms with Crippen molar-refractivity contribution in [3.63, 3.8) is 0 Å². The number of nitrogens with one attached hydrogen (secondary N) is 1. The highest BCUT2D eigenvalue weighted by atomic mass is 35.5. The molecule has 1 amide bonds. The third kappa shape index (κ3) is 5.32. The van der Waals surface area contributed by atoms with Crippen LogP contribution in [0.3, 0.4) is 0 Å². The minimum absolute atomic E-state index is 0.0263. The highest BCUT2D eigenvalue weighted by Gasteiger charge is 2.18. The number of benzene rings is 2. The number of nitrogens with zero attached hydrogens (tertiary/aromatic N) is 3. The van der Waals surface area contributed by atoms with Gasteiger partial charge in [0.1, 0.15) is 5.69 Å². The molecule has 0 bridgehead atoms. The normalized spacial score (nSPS) is 10.8. The summed E-state index contributed by atoms with van der Waals surface area (Å²) in [4.78, 5) is 29.2. The van der Waals surface area contributed by atoms with Crippen LogP contribution in [0.5, 0.6) is 0 Å². The fourth-order valence-electron chi connectivity index (χ4n) is 3.32. The van der Waals surface area contributed by atoms with Crippen molar-refractivity contribution in [2.75, 3.05) is 5.32 Å². The number of carbonyl (C=O) groups is 2. The molecular weight excluding hydrogens is 443 g/mol. The Morgan fingerprint density at radius 2 is 1.82 bits per heavy atom. The second kappa shape index (κ2) is 9.75. The van der Waals surface area contributed by atoms with E-state index in [-0.39, 0.29) is 35.8 Å². The fraction of sp³-hybridized carbons (Fsp3) is 0.120. The fourth-order valence-corrected chi connectivity index (χ4v) is 3.50. The number of aryl methyl sites for hydroxylation is 1. The Bertz CT molecular complexity index is 1320. The number of carbonyl (C=O) groups excluding carboxylic acids is 2. The maximum atomic E-state index is 15.2. The van der Waals surface area contributed by atoms with Crippen LogP contribution in [0.4, 0.5) is 10.1 Å². The van der Waals surface area contributed by atoms with Crippen molar-refractivity contribution in [3.8, 4) is 5.69 Å². The third-order valence-corrected chi connectivity index (χ3v) is 5.34. The molecule has 0 fully saturated rings. The minimum atomic E-state index is -0.669. The Hall–Kier alpha value is -3.84. The highest BCUT2D eigenvalue weighted by molar-refractivity contribution is 6.33. The number of anilines is 1. The molecule has 2 aromatic carbocycles. The molecule has 33 heavy (non-hydrogen) atoms. The monoisotopic (exact) mass is 462 g/mol. The van der Waals surface area contributed by atoms with Crippen LogP contribution in [-0.2, 0) is 17.6 Å². The van der Waals surface area contributed by atoms with Crippen LogP contribution in [0.2, 0.25) is 5.02 Å². The molecule has 6 nitrogen and oxygen atoms in total. The molecular formula is C25H20ClFN4O2. The Morgan fingerprint density at radius 1 is 1.00 bits per heavy atom. The van der Waals surface area contributed by atoms with Gasteiger partial charge in [0.15, 0.2) is 11.6 Å². The predicted molar refractivity (Wildman–Crippen MR) is 124 cm³/mol. The van der Waals surface area contributed by atoms with E-state index < -0.39 is 5.82 Å². The second-order valence-electron chi connectivity index (χ2n) is 7.54. The number of aromatic nitrogens is 3. The Kier molecular flexibility index (Phi) is 6.60. The van der Waals surface area contributed by atoms with Gasteiger partial charge in [-0.15, -0.1) is 0 Å². The number of Topliss-reactive ketones (excluding diaryl/α,β-unsaturated/α-hetero) is 1. The van der Waals surface area contributed by atoms with Gasteiger partial charge in [0.2, 0.25) is 5.91 Å². The number of para-hydroxylation sites is 1. The lowest BCUT2D eigenvalue weighted by molar-refractivity contribution is -0.115. The summed E-state index contributed by atoms with van der Waals surface area (Å²) in [7, 11) is 0. The molecule has 0 aliphatic heterocycles. The first-order valence-corrected chi connectivity index (χ1v) is 10.6. The highest BCUT2D eigenvalue weighted by Crippen LogP contribution is 2.22. The predicted octanol–water partition coefficient (Wildman–Crippen LogP) is 4.97. The second-order valence-corrected chi connectivity index (χ2v) is 7.95. The largest absolute Gasteiger partial charge is 0.324 e. The summed E-state index contributed by atoms with van der Waals surface area (Å²) >= 11 is 6.07. The van der Waals surface area contributed by atoms with Crippen LogP contribution in [0.1, 0.15) is 27.2 Å². The Morgan fingerprint density at radius 3 is 2.58 bits per heavy atom. The number of pyridine rings is 1. The summed E-state index contributed by atoms with van der Waals surface area (Å²) in [6.45, 7) is 1.85. The molecule has 4 rings (SSSR count). The molecule has 0 unspecified atom stereocenters. The average molecular weight is 463 g/mol. The number of amides is 1. The third-order valence-electron chi connectivity index (χ3n) is 5.01. The first kappa shape index (κ1) is 22.4. The summed E-state index contributed by atoms with van der Waals surface area (Å²) in [6, 6.07) is 15.1. The molecule has 1 N–H and O–H groups in total. The van der Waals surface area contributed by atoms with E-state index in [4.69, 9.17) is 11.6 Å². The van der Waals surface area contributed by atoms with Gasteiger partial charge in [0, 0.05) is 24.5 Å². The van der Waals surface area contributed by atoms with Gasteiger partial charge in [-0.3, -0.25) is 14.6 Å². The van der Waals surface area contributed by atoms with Crippen molar-refractivity contribution < 1.29 is 14.0 Å². The molecule has 2 heterocycles. The molecule has 0 aliphatic carbocycles. The Labute approximate surface area is 195 Å². The van der Waals surface area contributed by atoms with Crippen molar-refractivity contribution in [1.29, 1.82) is 0 Å². The van der Waals surface area contributed by atoms with Crippen LogP contribution in [0.25, 0.3) is 5.69 Å². The first-order chi connectivity index (χ1) is 15.9. The molecule has 0 radical (unpaired) electrons. The van der Waals surface area contributed by atoms with E-state index in [0.29, 0.717) is 21.8 Å². The number of rotatable bonds is 7. The summed E-state index contributed by atoms with van der Waals surface area (Å²) in [5.74, 6) is -1.30. The molecule has 8 heteroatoms. The minimum Gasteiger partial charge on any atom is -0.324 e. The first-order valence-electron chi connectivity index (χ1n) is 10.2. The zero-order valence-electron chi connectivity index (χ0n) is 17.8. The average Bonchev–Trinajstić information content (AvgIpc) is 3.25. The van der Waals surface area contributed by atoms with E-state index in [2.05, 4.69) is 15.4 Å². The zero-order valence-corrected chi connectivity index (χ0v) is 18.5. The molecule has 4 aromatic rings. The lowest BCUT2D eigenvalue weighted by atomic mass is 10.0. The topological polar surface area (TPSA) is 76.9 Å². The zero-order chi connectivity index (χ0) is 23.4. The lowest BCUT2D eigenvalue weighted by Crippen LogP contribution is -2.14. The number of ketones is 1. The number of halogens is 2. The summed E-state index contributed by atoms with van der Waals surface area (Å²) in [6.07, 6.45) is 4.73. The van der Waals surface area contributed by atoms with Crippen LogP contribution in [-0.4, -0.2) is 26.5 Å². The maximum Gasteiger partial charge on any atom is 0.228 e. The van der Waals surface area contributed by atoms with Crippen LogP contribution >= 0.6 is 11.6 Å². The SMILES string of the molecule is Cc1ccc(CC(=O)c2cccc(-n3cc(CC(=O)Nc4ccccc4Cl)cn3)c2F)cn1. The van der Waals surface area contributed by atoms with Gasteiger partial charge in [-0.2, -0.15) is 5.10 Å². The Balaban J connectivity index is 1.48. The van der Waals surface area contributed by atoms with E-state index in [9.17, 15) is 9.59 Å². The smallest absolute Gasteiger partial charge is 0.228 e. The van der Waals surface area contributed by atoms with E-state index in [0.717, 1.165) is 5.69 Å². The molecule has 2 aromatic heterocycles. The van der Waals surface area contributed by atoms with E-state index in [1.54, 1.807) is 48.8 Å². The van der Waals surface area contributed by atoms with E-state index in [1.807, 2.05) is 13.0 Å². The van der Waals surface area contributed by atoms with Crippen LogP contribution in [0.15, 0.2) is 73.2 Å². The maximum absolute atomic E-state index is 15.2. The quantitative estimate of drug-likeness (QED) is 0.393. The van der Waals surface area contributed by atoms with Crippen molar-refractivity contribution in [2.24, 2.45) is 0 Å². The summed E-state index contributed by atoms with van der Waals surface area (Å²) in [5, 5.41) is 7.34. The van der Waals surface area contributed by atoms with Gasteiger partial charge in [-0.25, -0.2) is 9.07 Å². The van der Waals surface area contributed by atoms with Crippen molar-refractivity contribution >= 4 is 29.0 Å². The van der Waals surface area contributed by atoms with Gasteiger partial charge in [0.05, 0.1) is 28.9 Å². The van der Waals surface area contributed by atoms with Gasteiger partial charge >= 0.3 is 0 Å². The molecule has 0 saturated heterocycles. The summed E-state index contributed by atoms with van der Waals surface area (Å²) < 4.78 is 16.5. The lowest BCUT2D eigenvalue weighted by Gasteiger charge is -2.08. The van der Waals surface area contributed by atoms with Gasteiger partial charge < -0.3 is 5.32 Å². The van der Waals surface area contributed by atoms with Crippen LogP contribution in [0, 0.1) is 12.7 Å². The van der Waals surface area contributed by atoms with Crippen molar-refractivity contribution in [3.05, 3.63) is 106 Å². The van der Waals surface area contributed by atoms with E-state index >= 15 is 4.39 Å². The van der Waals surface area contributed by atoms with Gasteiger partial charge in [-0.05, 0) is 48.4 Å². The van der Waals surface area contributed by atoms with E-state index in [1.165, 1.54) is 23.0 Å². The molecule has 0 saturated carbocycles. The molecule has 0 atom stereocenters. The van der Waals surface area contributed by atoms with Gasteiger partial charge in [-0.1, -0.05) is 35.9 Å². The number of hydrogen-bond donors (Lipinski definition) is 1. The molecule has 0 spiro atoms. The number of hydrogen-bond acceptors (Lipinski definition) is 4. The summed E-state index contributed by atoms with van der Waals surface area (Å²) in [5.41, 5.74) is 2.75. The van der Waals surface area contributed by atoms with Crippen LogP contribution < -0.4 is 5.32 Å². The van der Waals surface area contributed by atoms with Crippen molar-refractivity contribution in [1.82, 2.24) is 14.8 Å². The standard InChI is InChI=1S/C25H20ClFN4O2/c1-16-9-10-17(13-28-16)11-23(32)19-5-4-8-22(25(19)27)31-15-18(14-29-31)12-24(33)30-21-7-3-2-6-20(21)26/h2-10,13-15H,11-12H2,1H3,(H,30,33). The molecule has 0 aliphatic rings.